The SMILES string of the molecule is Cc1cc(Br)cc(C)c1CN1CCC(N(C)C(=O)OC(C)(C)C)CC1. The highest BCUT2D eigenvalue weighted by Gasteiger charge is 2.28. The molecule has 0 atom stereocenters. The number of carbonyl (C=O) groups is 1. The fourth-order valence-electron chi connectivity index (χ4n) is 3.36. The van der Waals surface area contributed by atoms with Gasteiger partial charge >= 0.3 is 6.09 Å². The topological polar surface area (TPSA) is 32.8 Å². The van der Waals surface area contributed by atoms with E-state index in [4.69, 9.17) is 4.74 Å². The first-order valence-electron chi connectivity index (χ1n) is 9.00. The molecule has 2 rings (SSSR count). The molecule has 0 bridgehead atoms. The van der Waals surface area contributed by atoms with Crippen LogP contribution in [0.5, 0.6) is 0 Å². The third-order valence-corrected chi connectivity index (χ3v) is 5.29. The number of ether oxygens (including phenoxy) is 1. The highest BCUT2D eigenvalue weighted by atomic mass is 79.9. The summed E-state index contributed by atoms with van der Waals surface area (Å²) in [6, 6.07) is 4.63. The van der Waals surface area contributed by atoms with Crippen LogP contribution < -0.4 is 0 Å². The summed E-state index contributed by atoms with van der Waals surface area (Å²) >= 11 is 3.57. The molecule has 0 saturated carbocycles. The van der Waals surface area contributed by atoms with Gasteiger partial charge in [-0.2, -0.15) is 0 Å². The van der Waals surface area contributed by atoms with Crippen molar-refractivity contribution in [2.24, 2.45) is 0 Å². The van der Waals surface area contributed by atoms with E-state index in [1.54, 1.807) is 4.90 Å². The molecule has 1 amide bonds. The molecule has 1 fully saturated rings. The molecule has 0 unspecified atom stereocenters. The van der Waals surface area contributed by atoms with Gasteiger partial charge in [0, 0.05) is 37.2 Å². The Kier molecular flexibility index (Phi) is 6.55. The van der Waals surface area contributed by atoms with Crippen molar-refractivity contribution >= 4 is 22.0 Å². The van der Waals surface area contributed by atoms with Gasteiger partial charge in [-0.25, -0.2) is 4.79 Å². The molecule has 25 heavy (non-hydrogen) atoms. The van der Waals surface area contributed by atoms with E-state index in [-0.39, 0.29) is 12.1 Å². The van der Waals surface area contributed by atoms with Crippen LogP contribution in [-0.2, 0) is 11.3 Å². The second kappa shape index (κ2) is 8.09. The molecular formula is C20H31BrN2O2. The molecule has 0 radical (unpaired) electrons. The highest BCUT2D eigenvalue weighted by Crippen LogP contribution is 2.24. The summed E-state index contributed by atoms with van der Waals surface area (Å²) in [4.78, 5) is 16.5. The molecule has 140 valence electrons. The first-order chi connectivity index (χ1) is 11.6. The van der Waals surface area contributed by atoms with Crippen molar-refractivity contribution in [2.75, 3.05) is 20.1 Å². The number of hydrogen-bond donors (Lipinski definition) is 0. The van der Waals surface area contributed by atoms with E-state index in [1.165, 1.54) is 16.7 Å². The molecule has 0 spiro atoms. The fraction of sp³-hybridized carbons (Fsp3) is 0.650. The molecule has 5 heteroatoms. The smallest absolute Gasteiger partial charge is 0.410 e. The Labute approximate surface area is 160 Å². The molecule has 0 N–H and O–H groups in total. The zero-order valence-corrected chi connectivity index (χ0v) is 17.9. The number of likely N-dealkylation sites (tertiary alicyclic amines) is 1. The van der Waals surface area contributed by atoms with Gasteiger partial charge in [-0.3, -0.25) is 4.90 Å². The van der Waals surface area contributed by atoms with E-state index < -0.39 is 5.60 Å². The number of piperidine rings is 1. The molecular weight excluding hydrogens is 380 g/mol. The Bertz CT molecular complexity index is 594. The van der Waals surface area contributed by atoms with E-state index in [9.17, 15) is 4.79 Å². The highest BCUT2D eigenvalue weighted by molar-refractivity contribution is 9.10. The Morgan fingerprint density at radius 2 is 1.76 bits per heavy atom. The standard InChI is InChI=1S/C20H31BrN2O2/c1-14-11-16(21)12-15(2)18(14)13-23-9-7-17(8-10-23)22(6)19(24)25-20(3,4)5/h11-12,17H,7-10,13H2,1-6H3. The molecule has 0 aromatic heterocycles. The lowest BCUT2D eigenvalue weighted by Crippen LogP contribution is -2.46. The van der Waals surface area contributed by atoms with Gasteiger partial charge in [-0.1, -0.05) is 15.9 Å². The largest absolute Gasteiger partial charge is 0.444 e. The number of halogens is 1. The molecule has 1 heterocycles. The number of carbonyl (C=O) groups excluding carboxylic acids is 1. The van der Waals surface area contributed by atoms with Crippen LogP contribution in [0.15, 0.2) is 16.6 Å². The van der Waals surface area contributed by atoms with E-state index >= 15 is 0 Å². The zero-order chi connectivity index (χ0) is 18.8. The average Bonchev–Trinajstić information content (AvgIpc) is 2.49. The maximum atomic E-state index is 12.2. The summed E-state index contributed by atoms with van der Waals surface area (Å²) in [5.41, 5.74) is 3.64. The van der Waals surface area contributed by atoms with Crippen LogP contribution in [0.1, 0.15) is 50.3 Å². The molecule has 4 nitrogen and oxygen atoms in total. The molecule has 1 saturated heterocycles. The summed E-state index contributed by atoms with van der Waals surface area (Å²) < 4.78 is 6.63. The normalized spacial score (nSPS) is 16.8. The fourth-order valence-corrected chi connectivity index (χ4v) is 4.05. The summed E-state index contributed by atoms with van der Waals surface area (Å²) in [6.45, 7) is 13.1. The van der Waals surface area contributed by atoms with Gasteiger partial charge in [0.2, 0.25) is 0 Å². The second-order valence-electron chi connectivity index (χ2n) is 8.12. The van der Waals surface area contributed by atoms with Crippen molar-refractivity contribution in [1.29, 1.82) is 0 Å². The predicted molar refractivity (Wildman–Crippen MR) is 106 cm³/mol. The number of hydrogen-bond acceptors (Lipinski definition) is 3. The van der Waals surface area contributed by atoms with Gasteiger partial charge in [-0.15, -0.1) is 0 Å². The first-order valence-corrected chi connectivity index (χ1v) is 9.80. The molecule has 1 aliphatic heterocycles. The molecule has 1 aromatic rings. The number of benzene rings is 1. The number of nitrogens with zero attached hydrogens (tertiary/aromatic N) is 2. The average molecular weight is 411 g/mol. The lowest BCUT2D eigenvalue weighted by Gasteiger charge is -2.37. The quantitative estimate of drug-likeness (QED) is 0.710. The summed E-state index contributed by atoms with van der Waals surface area (Å²) in [5, 5.41) is 0. The third kappa shape index (κ3) is 5.71. The van der Waals surface area contributed by atoms with Crippen molar-refractivity contribution in [3.8, 4) is 0 Å². The first kappa shape index (κ1) is 20.2. The monoisotopic (exact) mass is 410 g/mol. The Balaban J connectivity index is 1.91. The maximum Gasteiger partial charge on any atom is 0.410 e. The second-order valence-corrected chi connectivity index (χ2v) is 9.03. The van der Waals surface area contributed by atoms with Gasteiger partial charge in [0.05, 0.1) is 0 Å². The lowest BCUT2D eigenvalue weighted by molar-refractivity contribution is 0.0149. The third-order valence-electron chi connectivity index (χ3n) is 4.83. The predicted octanol–water partition coefficient (Wildman–Crippen LogP) is 4.90. The van der Waals surface area contributed by atoms with Crippen molar-refractivity contribution < 1.29 is 9.53 Å². The van der Waals surface area contributed by atoms with Crippen molar-refractivity contribution in [3.63, 3.8) is 0 Å². The van der Waals surface area contributed by atoms with Crippen LogP contribution in [0, 0.1) is 13.8 Å². The van der Waals surface area contributed by atoms with Crippen LogP contribution in [0.3, 0.4) is 0 Å². The lowest BCUT2D eigenvalue weighted by atomic mass is 9.99. The van der Waals surface area contributed by atoms with Crippen LogP contribution in [-0.4, -0.2) is 47.7 Å². The Hall–Kier alpha value is -1.07. The van der Waals surface area contributed by atoms with Gasteiger partial charge in [0.1, 0.15) is 5.60 Å². The summed E-state index contributed by atoms with van der Waals surface area (Å²) in [6.07, 6.45) is 1.76. The molecule has 1 aliphatic rings. The van der Waals surface area contributed by atoms with Crippen LogP contribution in [0.25, 0.3) is 0 Å². The van der Waals surface area contributed by atoms with E-state index in [2.05, 4.69) is 46.8 Å². The van der Waals surface area contributed by atoms with Crippen LogP contribution in [0.2, 0.25) is 0 Å². The minimum absolute atomic E-state index is 0.217. The van der Waals surface area contributed by atoms with Crippen LogP contribution >= 0.6 is 15.9 Å². The molecule has 0 aliphatic carbocycles. The number of amides is 1. The van der Waals surface area contributed by atoms with Gasteiger partial charge in [0.25, 0.3) is 0 Å². The van der Waals surface area contributed by atoms with Gasteiger partial charge in [-0.05, 0) is 76.3 Å². The van der Waals surface area contributed by atoms with Crippen molar-refractivity contribution in [2.45, 2.75) is 65.6 Å². The number of rotatable bonds is 3. The zero-order valence-electron chi connectivity index (χ0n) is 16.4. The summed E-state index contributed by atoms with van der Waals surface area (Å²) in [5.74, 6) is 0. The minimum atomic E-state index is -0.442. The van der Waals surface area contributed by atoms with Crippen LogP contribution in [0.4, 0.5) is 4.79 Å². The minimum Gasteiger partial charge on any atom is -0.444 e. The van der Waals surface area contributed by atoms with Gasteiger partial charge in [0.15, 0.2) is 0 Å². The Morgan fingerprint density at radius 1 is 1.24 bits per heavy atom. The van der Waals surface area contributed by atoms with E-state index in [0.717, 1.165) is 36.9 Å². The Morgan fingerprint density at radius 3 is 2.24 bits per heavy atom. The van der Waals surface area contributed by atoms with Gasteiger partial charge < -0.3 is 9.64 Å². The number of aryl methyl sites for hydroxylation is 2. The van der Waals surface area contributed by atoms with E-state index in [0.29, 0.717) is 0 Å². The summed E-state index contributed by atoms with van der Waals surface area (Å²) in [7, 11) is 1.86. The molecule has 1 aromatic carbocycles. The van der Waals surface area contributed by atoms with Crippen molar-refractivity contribution in [1.82, 2.24) is 9.80 Å². The maximum absolute atomic E-state index is 12.2. The van der Waals surface area contributed by atoms with E-state index in [1.807, 2.05) is 27.8 Å². The van der Waals surface area contributed by atoms with Crippen molar-refractivity contribution in [3.05, 3.63) is 33.3 Å².